The Hall–Kier alpha value is -1.26. The molecule has 5 nitrogen and oxygen atoms in total. The number of nitrogens with one attached hydrogen (secondary N) is 1. The number of esters is 1. The van der Waals surface area contributed by atoms with Crippen molar-refractivity contribution in [1.29, 1.82) is 0 Å². The van der Waals surface area contributed by atoms with Crippen LogP contribution in [-0.4, -0.2) is 29.8 Å². The normalized spacial score (nSPS) is 24.4. The summed E-state index contributed by atoms with van der Waals surface area (Å²) in [4.78, 5) is 23.4. The second-order valence-electron chi connectivity index (χ2n) is 6.99. The van der Waals surface area contributed by atoms with Gasteiger partial charge in [0.15, 0.2) is 0 Å². The van der Waals surface area contributed by atoms with Crippen molar-refractivity contribution >= 4 is 12.1 Å². The Bertz CT molecular complexity index is 359. The van der Waals surface area contributed by atoms with Gasteiger partial charge in [-0.05, 0) is 39.5 Å². The van der Waals surface area contributed by atoms with Crippen LogP contribution < -0.4 is 5.32 Å². The van der Waals surface area contributed by atoms with Crippen LogP contribution in [0.5, 0.6) is 0 Å². The number of hydrogen-bond donors (Lipinski definition) is 1. The fourth-order valence-corrected chi connectivity index (χ4v) is 2.27. The molecule has 0 aromatic heterocycles. The van der Waals surface area contributed by atoms with Crippen LogP contribution >= 0.6 is 0 Å². The molecule has 1 heterocycles. The Morgan fingerprint density at radius 1 is 1.45 bits per heavy atom. The molecule has 3 unspecified atom stereocenters. The largest absolute Gasteiger partial charge is 0.460 e. The van der Waals surface area contributed by atoms with Gasteiger partial charge >= 0.3 is 12.1 Å². The summed E-state index contributed by atoms with van der Waals surface area (Å²) in [6.45, 7) is 11.5. The average molecular weight is 285 g/mol. The lowest BCUT2D eigenvalue weighted by atomic mass is 9.95. The monoisotopic (exact) mass is 285 g/mol. The van der Waals surface area contributed by atoms with Gasteiger partial charge in [0.05, 0.1) is 12.0 Å². The highest BCUT2D eigenvalue weighted by Crippen LogP contribution is 2.26. The van der Waals surface area contributed by atoms with Crippen LogP contribution in [-0.2, 0) is 14.3 Å². The summed E-state index contributed by atoms with van der Waals surface area (Å²) in [5.41, 5.74) is -0.536. The first kappa shape index (κ1) is 16.8. The number of ether oxygens (including phenoxy) is 2. The summed E-state index contributed by atoms with van der Waals surface area (Å²) in [5.74, 6) is 0.106. The third-order valence-corrected chi connectivity index (χ3v) is 3.13. The van der Waals surface area contributed by atoms with Crippen LogP contribution in [0.2, 0.25) is 0 Å². The smallest absolute Gasteiger partial charge is 0.408 e. The van der Waals surface area contributed by atoms with Gasteiger partial charge < -0.3 is 14.8 Å². The maximum absolute atomic E-state index is 11.9. The van der Waals surface area contributed by atoms with E-state index < -0.39 is 11.7 Å². The van der Waals surface area contributed by atoms with Gasteiger partial charge in [0.25, 0.3) is 0 Å². The van der Waals surface area contributed by atoms with Gasteiger partial charge in [-0.3, -0.25) is 4.79 Å². The molecule has 0 spiro atoms. The zero-order chi connectivity index (χ0) is 15.5. The van der Waals surface area contributed by atoms with Gasteiger partial charge in [0.2, 0.25) is 0 Å². The Morgan fingerprint density at radius 3 is 2.45 bits per heavy atom. The predicted octanol–water partition coefficient (Wildman–Crippen LogP) is 2.88. The molecule has 0 saturated carbocycles. The Morgan fingerprint density at radius 2 is 2.05 bits per heavy atom. The molecular formula is C15H27NO4. The van der Waals surface area contributed by atoms with Gasteiger partial charge in [-0.25, -0.2) is 4.79 Å². The highest BCUT2D eigenvalue weighted by molar-refractivity contribution is 5.74. The molecule has 0 aliphatic carbocycles. The highest BCUT2D eigenvalue weighted by atomic mass is 16.6. The van der Waals surface area contributed by atoms with Crippen molar-refractivity contribution in [3.05, 3.63) is 0 Å². The maximum Gasteiger partial charge on any atom is 0.408 e. The first-order valence-electron chi connectivity index (χ1n) is 7.28. The molecule has 1 aliphatic heterocycles. The van der Waals surface area contributed by atoms with E-state index in [2.05, 4.69) is 19.2 Å². The van der Waals surface area contributed by atoms with Gasteiger partial charge in [0.1, 0.15) is 11.7 Å². The molecule has 0 radical (unpaired) electrons. The molecule has 0 aromatic carbocycles. The minimum absolute atomic E-state index is 0.102. The SMILES string of the molecule is CC(C)CC(NC(=O)OC(C)(C)C)C1CC(C)C(=O)O1. The molecule has 1 amide bonds. The topological polar surface area (TPSA) is 64.6 Å². The first-order chi connectivity index (χ1) is 9.08. The Labute approximate surface area is 121 Å². The van der Waals surface area contributed by atoms with Crippen molar-refractivity contribution in [2.45, 2.75) is 72.1 Å². The van der Waals surface area contributed by atoms with E-state index in [9.17, 15) is 9.59 Å². The van der Waals surface area contributed by atoms with E-state index in [1.54, 1.807) is 0 Å². The van der Waals surface area contributed by atoms with Crippen LogP contribution in [0.1, 0.15) is 54.4 Å². The van der Waals surface area contributed by atoms with Gasteiger partial charge in [-0.1, -0.05) is 20.8 Å². The quantitative estimate of drug-likeness (QED) is 0.807. The van der Waals surface area contributed by atoms with E-state index in [1.807, 2.05) is 27.7 Å². The standard InChI is InChI=1S/C15H27NO4/c1-9(2)7-11(12-8-10(3)13(17)19-12)16-14(18)20-15(4,5)6/h9-12H,7-8H2,1-6H3,(H,16,18). The number of hydrogen-bond acceptors (Lipinski definition) is 4. The van der Waals surface area contributed by atoms with Crippen LogP contribution in [0, 0.1) is 11.8 Å². The van der Waals surface area contributed by atoms with Crippen molar-refractivity contribution < 1.29 is 19.1 Å². The third-order valence-electron chi connectivity index (χ3n) is 3.13. The molecule has 3 atom stereocenters. The molecular weight excluding hydrogens is 258 g/mol. The summed E-state index contributed by atoms with van der Waals surface area (Å²) < 4.78 is 10.6. The predicted molar refractivity (Wildman–Crippen MR) is 76.3 cm³/mol. The van der Waals surface area contributed by atoms with Gasteiger partial charge in [-0.15, -0.1) is 0 Å². The Kier molecular flexibility index (Phi) is 5.42. The summed E-state index contributed by atoms with van der Waals surface area (Å²) in [6.07, 6.45) is 0.682. The summed E-state index contributed by atoms with van der Waals surface area (Å²) in [5, 5.41) is 2.85. The molecule has 0 bridgehead atoms. The molecule has 5 heteroatoms. The van der Waals surface area contributed by atoms with Crippen LogP contribution in [0.25, 0.3) is 0 Å². The minimum atomic E-state index is -0.536. The maximum atomic E-state index is 11.9. The lowest BCUT2D eigenvalue weighted by Crippen LogP contribution is -2.46. The van der Waals surface area contributed by atoms with E-state index in [0.717, 1.165) is 6.42 Å². The van der Waals surface area contributed by atoms with Gasteiger partial charge in [0, 0.05) is 0 Å². The number of rotatable bonds is 4. The molecule has 116 valence electrons. The fraction of sp³-hybridized carbons (Fsp3) is 0.867. The van der Waals surface area contributed by atoms with E-state index >= 15 is 0 Å². The molecule has 20 heavy (non-hydrogen) atoms. The van der Waals surface area contributed by atoms with Crippen LogP contribution in [0.15, 0.2) is 0 Å². The zero-order valence-electron chi connectivity index (χ0n) is 13.4. The number of cyclic esters (lactones) is 1. The zero-order valence-corrected chi connectivity index (χ0v) is 13.4. The summed E-state index contributed by atoms with van der Waals surface area (Å²) in [7, 11) is 0. The second kappa shape index (κ2) is 6.46. The third kappa shape index (κ3) is 5.39. The van der Waals surface area contributed by atoms with Crippen molar-refractivity contribution in [3.8, 4) is 0 Å². The highest BCUT2D eigenvalue weighted by Gasteiger charge is 2.37. The lowest BCUT2D eigenvalue weighted by molar-refractivity contribution is -0.145. The van der Waals surface area contributed by atoms with Gasteiger partial charge in [-0.2, -0.15) is 0 Å². The van der Waals surface area contributed by atoms with Crippen LogP contribution in [0.3, 0.4) is 0 Å². The second-order valence-corrected chi connectivity index (χ2v) is 6.99. The lowest BCUT2D eigenvalue weighted by Gasteiger charge is -2.27. The molecule has 1 saturated heterocycles. The van der Waals surface area contributed by atoms with E-state index in [-0.39, 0.29) is 24.0 Å². The average Bonchev–Trinajstić information content (AvgIpc) is 2.54. The van der Waals surface area contributed by atoms with E-state index in [4.69, 9.17) is 9.47 Å². The van der Waals surface area contributed by atoms with E-state index in [1.165, 1.54) is 0 Å². The molecule has 1 fully saturated rings. The van der Waals surface area contributed by atoms with Crippen molar-refractivity contribution in [2.24, 2.45) is 11.8 Å². The molecule has 0 aromatic rings. The fourth-order valence-electron chi connectivity index (χ4n) is 2.27. The number of carbonyl (C=O) groups excluding carboxylic acids is 2. The molecule has 1 rings (SSSR count). The minimum Gasteiger partial charge on any atom is -0.460 e. The van der Waals surface area contributed by atoms with Crippen molar-refractivity contribution in [3.63, 3.8) is 0 Å². The van der Waals surface area contributed by atoms with Crippen molar-refractivity contribution in [2.75, 3.05) is 0 Å². The molecule has 1 N–H and O–H groups in total. The molecule has 1 aliphatic rings. The van der Waals surface area contributed by atoms with Crippen LogP contribution in [0.4, 0.5) is 4.79 Å². The number of carbonyl (C=O) groups is 2. The summed E-state index contributed by atoms with van der Waals surface area (Å²) in [6, 6.07) is -0.196. The Balaban J connectivity index is 2.65. The first-order valence-corrected chi connectivity index (χ1v) is 7.28. The van der Waals surface area contributed by atoms with Crippen molar-refractivity contribution in [1.82, 2.24) is 5.32 Å². The number of amides is 1. The van der Waals surface area contributed by atoms with E-state index in [0.29, 0.717) is 12.3 Å². The summed E-state index contributed by atoms with van der Waals surface area (Å²) >= 11 is 0. The number of alkyl carbamates (subject to hydrolysis) is 1.